The highest BCUT2D eigenvalue weighted by molar-refractivity contribution is 5.94. The molecule has 0 bridgehead atoms. The maximum Gasteiger partial charge on any atom is 0.254 e. The number of nitrogens with zero attached hydrogens (tertiary/aromatic N) is 2. The summed E-state index contributed by atoms with van der Waals surface area (Å²) in [6, 6.07) is 28.1. The standard InChI is InChI=1S/C33H40N2O/c1-25-17-19-27(20-18-25)21-34-22-29(32(24-34)31-16-10-9-11-26(31)2)23-35(30-14-7-4-8-15-30)33(36)28-12-5-3-6-13-28/h3,5-6,9-13,16-20,29-30,32H,4,7-8,14-15,21-24H2,1-2H3. The molecule has 0 spiro atoms. The lowest BCUT2D eigenvalue weighted by Crippen LogP contribution is -2.45. The Morgan fingerprint density at radius 2 is 1.53 bits per heavy atom. The number of rotatable bonds is 7. The number of carbonyl (C=O) groups excluding carboxylic acids is 1. The van der Waals surface area contributed by atoms with Gasteiger partial charge in [0.25, 0.3) is 5.91 Å². The molecule has 188 valence electrons. The molecule has 0 aromatic heterocycles. The topological polar surface area (TPSA) is 23.6 Å². The molecule has 3 aromatic rings. The first kappa shape index (κ1) is 24.8. The molecule has 2 atom stereocenters. The van der Waals surface area contributed by atoms with E-state index in [1.807, 2.05) is 30.3 Å². The van der Waals surface area contributed by atoms with Crippen molar-refractivity contribution in [2.75, 3.05) is 19.6 Å². The lowest BCUT2D eigenvalue weighted by molar-refractivity contribution is 0.0588. The van der Waals surface area contributed by atoms with E-state index in [1.165, 1.54) is 41.5 Å². The Labute approximate surface area is 217 Å². The Morgan fingerprint density at radius 1 is 0.833 bits per heavy atom. The van der Waals surface area contributed by atoms with Gasteiger partial charge in [0.05, 0.1) is 0 Å². The number of amides is 1. The molecule has 5 rings (SSSR count). The first-order valence-corrected chi connectivity index (χ1v) is 13.8. The molecule has 1 saturated carbocycles. The van der Waals surface area contributed by atoms with Crippen LogP contribution in [0.15, 0.2) is 78.9 Å². The molecular weight excluding hydrogens is 440 g/mol. The smallest absolute Gasteiger partial charge is 0.254 e. The Balaban J connectivity index is 1.42. The number of benzene rings is 3. The van der Waals surface area contributed by atoms with Crippen LogP contribution in [0.2, 0.25) is 0 Å². The van der Waals surface area contributed by atoms with Crippen LogP contribution in [0.1, 0.15) is 70.6 Å². The third kappa shape index (κ3) is 5.73. The van der Waals surface area contributed by atoms with E-state index in [-0.39, 0.29) is 5.91 Å². The van der Waals surface area contributed by atoms with Gasteiger partial charge in [-0.15, -0.1) is 0 Å². The van der Waals surface area contributed by atoms with Gasteiger partial charge in [0.15, 0.2) is 0 Å². The first-order valence-electron chi connectivity index (χ1n) is 13.8. The van der Waals surface area contributed by atoms with Crippen LogP contribution in [0.3, 0.4) is 0 Å². The maximum atomic E-state index is 13.9. The summed E-state index contributed by atoms with van der Waals surface area (Å²) < 4.78 is 0. The fourth-order valence-electron chi connectivity index (χ4n) is 6.37. The van der Waals surface area contributed by atoms with E-state index < -0.39 is 0 Å². The minimum absolute atomic E-state index is 0.211. The van der Waals surface area contributed by atoms with Crippen LogP contribution in [0.5, 0.6) is 0 Å². The number of hydrogen-bond donors (Lipinski definition) is 0. The van der Waals surface area contributed by atoms with E-state index in [1.54, 1.807) is 0 Å². The molecule has 3 nitrogen and oxygen atoms in total. The molecule has 0 radical (unpaired) electrons. The van der Waals surface area contributed by atoms with Crippen molar-refractivity contribution >= 4 is 5.91 Å². The zero-order valence-corrected chi connectivity index (χ0v) is 21.9. The number of likely N-dealkylation sites (tertiary alicyclic amines) is 1. The summed E-state index contributed by atoms with van der Waals surface area (Å²) in [5.41, 5.74) is 6.31. The van der Waals surface area contributed by atoms with Gasteiger partial charge in [-0.3, -0.25) is 9.69 Å². The maximum absolute atomic E-state index is 13.9. The Hall–Kier alpha value is -2.91. The molecule has 3 heteroatoms. The average molecular weight is 481 g/mol. The van der Waals surface area contributed by atoms with Gasteiger partial charge in [-0.05, 0) is 61.4 Å². The zero-order valence-electron chi connectivity index (χ0n) is 21.9. The predicted octanol–water partition coefficient (Wildman–Crippen LogP) is 6.99. The average Bonchev–Trinajstić information content (AvgIpc) is 3.31. The van der Waals surface area contributed by atoms with E-state index >= 15 is 0 Å². The van der Waals surface area contributed by atoms with Gasteiger partial charge in [0.1, 0.15) is 0 Å². The zero-order chi connectivity index (χ0) is 24.9. The summed E-state index contributed by atoms with van der Waals surface area (Å²) in [5.74, 6) is 1.07. The Kier molecular flexibility index (Phi) is 7.87. The van der Waals surface area contributed by atoms with Crippen LogP contribution < -0.4 is 0 Å². The van der Waals surface area contributed by atoms with Crippen LogP contribution in [0.4, 0.5) is 0 Å². The predicted molar refractivity (Wildman–Crippen MR) is 148 cm³/mol. The van der Waals surface area contributed by atoms with Crippen molar-refractivity contribution in [1.82, 2.24) is 9.80 Å². The third-order valence-electron chi connectivity index (χ3n) is 8.36. The highest BCUT2D eigenvalue weighted by atomic mass is 16.2. The van der Waals surface area contributed by atoms with Gasteiger partial charge in [-0.1, -0.05) is 91.6 Å². The molecule has 2 fully saturated rings. The van der Waals surface area contributed by atoms with Crippen molar-refractivity contribution in [3.05, 3.63) is 107 Å². The van der Waals surface area contributed by atoms with Gasteiger partial charge in [0, 0.05) is 43.7 Å². The van der Waals surface area contributed by atoms with Gasteiger partial charge in [0.2, 0.25) is 0 Å². The highest BCUT2D eigenvalue weighted by Gasteiger charge is 2.38. The monoisotopic (exact) mass is 480 g/mol. The molecule has 1 heterocycles. The summed E-state index contributed by atoms with van der Waals surface area (Å²) in [6.07, 6.45) is 6.02. The van der Waals surface area contributed by atoms with E-state index in [9.17, 15) is 4.79 Å². The van der Waals surface area contributed by atoms with Crippen LogP contribution in [0.25, 0.3) is 0 Å². The quantitative estimate of drug-likeness (QED) is 0.364. The van der Waals surface area contributed by atoms with Crippen LogP contribution in [-0.2, 0) is 6.54 Å². The van der Waals surface area contributed by atoms with E-state index in [2.05, 4.69) is 72.2 Å². The molecule has 36 heavy (non-hydrogen) atoms. The summed E-state index contributed by atoms with van der Waals surface area (Å²) >= 11 is 0. The molecule has 1 amide bonds. The van der Waals surface area contributed by atoms with Crippen LogP contribution >= 0.6 is 0 Å². The largest absolute Gasteiger partial charge is 0.335 e. The van der Waals surface area contributed by atoms with Crippen molar-refractivity contribution in [3.63, 3.8) is 0 Å². The minimum atomic E-state index is 0.211. The molecule has 0 N–H and O–H groups in total. The Morgan fingerprint density at radius 3 is 2.25 bits per heavy atom. The number of aryl methyl sites for hydroxylation is 2. The van der Waals surface area contributed by atoms with Crippen molar-refractivity contribution in [2.24, 2.45) is 5.92 Å². The Bertz CT molecular complexity index is 1130. The SMILES string of the molecule is Cc1ccc(CN2CC(CN(C(=O)c3ccccc3)C3CCCCC3)C(c3ccccc3C)C2)cc1. The minimum Gasteiger partial charge on any atom is -0.335 e. The molecule has 3 aromatic carbocycles. The number of hydrogen-bond acceptors (Lipinski definition) is 2. The van der Waals surface area contributed by atoms with Gasteiger partial charge >= 0.3 is 0 Å². The first-order chi connectivity index (χ1) is 17.6. The van der Waals surface area contributed by atoms with Crippen LogP contribution in [-0.4, -0.2) is 41.4 Å². The summed E-state index contributed by atoms with van der Waals surface area (Å²) in [4.78, 5) is 18.7. The fourth-order valence-corrected chi connectivity index (χ4v) is 6.37. The summed E-state index contributed by atoms with van der Waals surface area (Å²) in [5, 5.41) is 0. The third-order valence-corrected chi connectivity index (χ3v) is 8.36. The molecule has 1 saturated heterocycles. The van der Waals surface area contributed by atoms with Gasteiger partial charge in [-0.25, -0.2) is 0 Å². The molecule has 1 aliphatic carbocycles. The van der Waals surface area contributed by atoms with Crippen molar-refractivity contribution in [3.8, 4) is 0 Å². The van der Waals surface area contributed by atoms with Crippen molar-refractivity contribution in [1.29, 1.82) is 0 Å². The number of carbonyl (C=O) groups is 1. The van der Waals surface area contributed by atoms with E-state index in [0.29, 0.717) is 17.9 Å². The lowest BCUT2D eigenvalue weighted by atomic mass is 9.85. The normalized spacial score (nSPS) is 20.9. The summed E-state index contributed by atoms with van der Waals surface area (Å²) in [7, 11) is 0. The second-order valence-electron chi connectivity index (χ2n) is 11.0. The van der Waals surface area contributed by atoms with E-state index in [0.717, 1.165) is 44.6 Å². The fraction of sp³-hybridized carbons (Fsp3) is 0.424. The summed E-state index contributed by atoms with van der Waals surface area (Å²) in [6.45, 7) is 8.26. The van der Waals surface area contributed by atoms with Gasteiger partial charge in [-0.2, -0.15) is 0 Å². The molecule has 2 aliphatic rings. The molecular formula is C33H40N2O. The van der Waals surface area contributed by atoms with Crippen molar-refractivity contribution in [2.45, 2.75) is 64.5 Å². The highest BCUT2D eigenvalue weighted by Crippen LogP contribution is 2.37. The lowest BCUT2D eigenvalue weighted by Gasteiger charge is -2.37. The second-order valence-corrected chi connectivity index (χ2v) is 11.0. The van der Waals surface area contributed by atoms with Crippen LogP contribution in [0, 0.1) is 19.8 Å². The van der Waals surface area contributed by atoms with Crippen molar-refractivity contribution < 1.29 is 4.79 Å². The van der Waals surface area contributed by atoms with Gasteiger partial charge < -0.3 is 4.90 Å². The molecule has 2 unspecified atom stereocenters. The molecule has 1 aliphatic heterocycles. The van der Waals surface area contributed by atoms with E-state index in [4.69, 9.17) is 0 Å². The second kappa shape index (κ2) is 11.4.